The quantitative estimate of drug-likeness (QED) is 0.916. The SMILES string of the molecule is CC1(C)CC1Cn1c(C2CCCC2)nc2c1CCNC2. The second-order valence-electron chi connectivity index (χ2n) is 7.77. The molecule has 1 N–H and O–H groups in total. The Morgan fingerprint density at radius 1 is 1.30 bits per heavy atom. The van der Waals surface area contributed by atoms with Crippen molar-refractivity contribution >= 4 is 0 Å². The highest BCUT2D eigenvalue weighted by molar-refractivity contribution is 5.23. The van der Waals surface area contributed by atoms with E-state index < -0.39 is 0 Å². The molecule has 0 spiro atoms. The summed E-state index contributed by atoms with van der Waals surface area (Å²) < 4.78 is 2.64. The molecule has 1 aliphatic heterocycles. The van der Waals surface area contributed by atoms with Crippen LogP contribution < -0.4 is 5.32 Å². The lowest BCUT2D eigenvalue weighted by Crippen LogP contribution is -2.25. The first-order valence-electron chi connectivity index (χ1n) is 8.44. The highest BCUT2D eigenvalue weighted by atomic mass is 15.1. The molecule has 20 heavy (non-hydrogen) atoms. The van der Waals surface area contributed by atoms with Crippen molar-refractivity contribution < 1.29 is 0 Å². The maximum atomic E-state index is 5.06. The van der Waals surface area contributed by atoms with Gasteiger partial charge in [0.15, 0.2) is 0 Å². The van der Waals surface area contributed by atoms with Crippen LogP contribution in [0.5, 0.6) is 0 Å². The third-order valence-electron chi connectivity index (χ3n) is 5.86. The highest BCUT2D eigenvalue weighted by Gasteiger charge is 2.46. The molecule has 2 saturated carbocycles. The molecule has 0 radical (unpaired) electrons. The Kier molecular flexibility index (Phi) is 2.95. The zero-order valence-electron chi connectivity index (χ0n) is 12.9. The maximum Gasteiger partial charge on any atom is 0.112 e. The topological polar surface area (TPSA) is 29.9 Å². The highest BCUT2D eigenvalue weighted by Crippen LogP contribution is 2.53. The number of fused-ring (bicyclic) bond motifs is 1. The summed E-state index contributed by atoms with van der Waals surface area (Å²) in [6, 6.07) is 0. The summed E-state index contributed by atoms with van der Waals surface area (Å²) >= 11 is 0. The third kappa shape index (κ3) is 2.11. The summed E-state index contributed by atoms with van der Waals surface area (Å²) in [5, 5.41) is 3.48. The number of imidazole rings is 1. The number of aromatic nitrogens is 2. The molecule has 0 amide bonds. The van der Waals surface area contributed by atoms with Gasteiger partial charge < -0.3 is 9.88 Å². The Labute approximate surface area is 122 Å². The van der Waals surface area contributed by atoms with Gasteiger partial charge in [0.25, 0.3) is 0 Å². The second kappa shape index (κ2) is 4.59. The van der Waals surface area contributed by atoms with Crippen LogP contribution in [0.25, 0.3) is 0 Å². The Morgan fingerprint density at radius 2 is 2.05 bits per heavy atom. The fourth-order valence-corrected chi connectivity index (χ4v) is 4.20. The van der Waals surface area contributed by atoms with Crippen LogP contribution in [0.4, 0.5) is 0 Å². The normalized spacial score (nSPS) is 28.6. The van der Waals surface area contributed by atoms with Gasteiger partial charge in [0, 0.05) is 37.7 Å². The van der Waals surface area contributed by atoms with Gasteiger partial charge in [-0.2, -0.15) is 0 Å². The van der Waals surface area contributed by atoms with Crippen LogP contribution in [0.1, 0.15) is 69.1 Å². The number of hydrogen-bond donors (Lipinski definition) is 1. The van der Waals surface area contributed by atoms with Crippen LogP contribution in [-0.4, -0.2) is 16.1 Å². The lowest BCUT2D eigenvalue weighted by molar-refractivity contribution is 0.463. The molecule has 3 nitrogen and oxygen atoms in total. The first kappa shape index (κ1) is 12.9. The van der Waals surface area contributed by atoms with Gasteiger partial charge in [-0.05, 0) is 30.6 Å². The molecule has 0 saturated heterocycles. The van der Waals surface area contributed by atoms with E-state index in [1.807, 2.05) is 0 Å². The van der Waals surface area contributed by atoms with E-state index >= 15 is 0 Å². The van der Waals surface area contributed by atoms with Gasteiger partial charge in [0.1, 0.15) is 5.82 Å². The summed E-state index contributed by atoms with van der Waals surface area (Å²) in [5.41, 5.74) is 3.46. The largest absolute Gasteiger partial charge is 0.331 e. The Hall–Kier alpha value is -0.830. The van der Waals surface area contributed by atoms with Gasteiger partial charge in [0.2, 0.25) is 0 Å². The smallest absolute Gasteiger partial charge is 0.112 e. The average Bonchev–Trinajstić information content (AvgIpc) is 2.87. The minimum Gasteiger partial charge on any atom is -0.331 e. The second-order valence-corrected chi connectivity index (χ2v) is 7.77. The number of hydrogen-bond acceptors (Lipinski definition) is 2. The molecule has 1 aromatic heterocycles. The van der Waals surface area contributed by atoms with Crippen molar-refractivity contribution in [3.05, 3.63) is 17.2 Å². The predicted octanol–water partition coefficient (Wildman–Crippen LogP) is 3.23. The monoisotopic (exact) mass is 273 g/mol. The third-order valence-corrected chi connectivity index (χ3v) is 5.86. The van der Waals surface area contributed by atoms with Crippen LogP contribution in [0.15, 0.2) is 0 Å². The molecule has 1 unspecified atom stereocenters. The van der Waals surface area contributed by atoms with E-state index in [0.717, 1.165) is 24.9 Å². The summed E-state index contributed by atoms with van der Waals surface area (Å²) in [7, 11) is 0. The van der Waals surface area contributed by atoms with Gasteiger partial charge in [-0.3, -0.25) is 0 Å². The van der Waals surface area contributed by atoms with E-state index in [1.165, 1.54) is 56.6 Å². The van der Waals surface area contributed by atoms with E-state index in [-0.39, 0.29) is 0 Å². The molecule has 0 bridgehead atoms. The molecular formula is C17H27N3. The number of nitrogens with one attached hydrogen (secondary N) is 1. The average molecular weight is 273 g/mol. The van der Waals surface area contributed by atoms with Crippen LogP contribution >= 0.6 is 0 Å². The molecule has 2 aliphatic carbocycles. The first-order valence-corrected chi connectivity index (χ1v) is 8.44. The molecule has 3 heteroatoms. The van der Waals surface area contributed by atoms with Crippen LogP contribution in [0.2, 0.25) is 0 Å². The van der Waals surface area contributed by atoms with Gasteiger partial charge in [-0.25, -0.2) is 4.98 Å². The summed E-state index contributed by atoms with van der Waals surface area (Å²) in [6.07, 6.45) is 8.07. The lowest BCUT2D eigenvalue weighted by atomic mass is 10.1. The number of rotatable bonds is 3. The van der Waals surface area contributed by atoms with Gasteiger partial charge in [-0.15, -0.1) is 0 Å². The van der Waals surface area contributed by atoms with E-state index in [9.17, 15) is 0 Å². The van der Waals surface area contributed by atoms with Crippen molar-refractivity contribution in [3.8, 4) is 0 Å². The van der Waals surface area contributed by atoms with Gasteiger partial charge in [-0.1, -0.05) is 26.7 Å². The Bertz CT molecular complexity index is 509. The van der Waals surface area contributed by atoms with E-state index in [1.54, 1.807) is 5.69 Å². The van der Waals surface area contributed by atoms with Gasteiger partial charge in [0.05, 0.1) is 5.69 Å². The molecule has 0 aromatic carbocycles. The molecule has 2 fully saturated rings. The zero-order valence-corrected chi connectivity index (χ0v) is 12.9. The summed E-state index contributed by atoms with van der Waals surface area (Å²) in [4.78, 5) is 5.06. The molecule has 3 aliphatic rings. The van der Waals surface area contributed by atoms with Crippen LogP contribution in [0.3, 0.4) is 0 Å². The molecule has 2 heterocycles. The van der Waals surface area contributed by atoms with E-state index in [2.05, 4.69) is 23.7 Å². The molecule has 110 valence electrons. The Morgan fingerprint density at radius 3 is 2.75 bits per heavy atom. The van der Waals surface area contributed by atoms with Crippen molar-refractivity contribution in [1.29, 1.82) is 0 Å². The van der Waals surface area contributed by atoms with Crippen molar-refractivity contribution in [2.75, 3.05) is 6.54 Å². The van der Waals surface area contributed by atoms with Crippen molar-refractivity contribution in [3.63, 3.8) is 0 Å². The minimum absolute atomic E-state index is 0.566. The fourth-order valence-electron chi connectivity index (χ4n) is 4.20. The van der Waals surface area contributed by atoms with Crippen LogP contribution in [0, 0.1) is 11.3 Å². The number of nitrogens with zero attached hydrogens (tertiary/aromatic N) is 2. The van der Waals surface area contributed by atoms with E-state index in [4.69, 9.17) is 4.98 Å². The standard InChI is InChI=1S/C17H27N3/c1-17(2)9-13(17)11-20-15-7-8-18-10-14(15)19-16(20)12-5-3-4-6-12/h12-13,18H,3-11H2,1-2H3. The molecule has 4 rings (SSSR count). The van der Waals surface area contributed by atoms with Crippen molar-refractivity contribution in [2.45, 2.75) is 71.4 Å². The summed E-state index contributed by atoms with van der Waals surface area (Å²) in [5.74, 6) is 3.04. The fraction of sp³-hybridized carbons (Fsp3) is 0.824. The molecule has 1 atom stereocenters. The summed E-state index contributed by atoms with van der Waals surface area (Å²) in [6.45, 7) is 8.16. The lowest BCUT2D eigenvalue weighted by Gasteiger charge is -2.18. The van der Waals surface area contributed by atoms with Gasteiger partial charge >= 0.3 is 0 Å². The van der Waals surface area contributed by atoms with Crippen molar-refractivity contribution in [1.82, 2.24) is 14.9 Å². The minimum atomic E-state index is 0.566. The van der Waals surface area contributed by atoms with Crippen LogP contribution in [-0.2, 0) is 19.5 Å². The first-order chi connectivity index (χ1) is 9.65. The predicted molar refractivity (Wildman–Crippen MR) is 80.7 cm³/mol. The van der Waals surface area contributed by atoms with Crippen molar-refractivity contribution in [2.24, 2.45) is 11.3 Å². The Balaban J connectivity index is 1.67. The molecule has 1 aromatic rings. The zero-order chi connectivity index (χ0) is 13.7. The molecular weight excluding hydrogens is 246 g/mol. The van der Waals surface area contributed by atoms with E-state index in [0.29, 0.717) is 5.41 Å². The maximum absolute atomic E-state index is 5.06.